The normalized spacial score (nSPS) is 12.5. The maximum absolute atomic E-state index is 10.2. The third kappa shape index (κ3) is 3.55. The Kier molecular flexibility index (Phi) is 4.51. The van der Waals surface area contributed by atoms with Crippen LogP contribution in [0.4, 0.5) is 0 Å². The first-order chi connectivity index (χ1) is 9.31. The van der Waals surface area contributed by atoms with Crippen LogP contribution >= 0.6 is 0 Å². The Morgan fingerprint density at radius 2 is 1.47 bits per heavy atom. The van der Waals surface area contributed by atoms with E-state index in [-0.39, 0.29) is 5.76 Å². The minimum atomic E-state index is 0.233. The second-order valence-corrected chi connectivity index (χ2v) is 4.12. The van der Waals surface area contributed by atoms with Crippen molar-refractivity contribution in [1.82, 2.24) is 0 Å². The molecule has 0 heterocycles. The highest BCUT2D eigenvalue weighted by atomic mass is 16.3. The van der Waals surface area contributed by atoms with E-state index in [0.717, 1.165) is 16.8 Å². The van der Waals surface area contributed by atoms with Gasteiger partial charge < -0.3 is 5.11 Å². The van der Waals surface area contributed by atoms with Gasteiger partial charge in [0.25, 0.3) is 0 Å². The summed E-state index contributed by atoms with van der Waals surface area (Å²) in [6.07, 6.45) is 1.72. The molecule has 96 valence electrons. The van der Waals surface area contributed by atoms with E-state index in [1.54, 1.807) is 6.08 Å². The van der Waals surface area contributed by atoms with Crippen LogP contribution in [0.5, 0.6) is 0 Å². The van der Waals surface area contributed by atoms with Gasteiger partial charge in [-0.15, -0.1) is 0 Å². The van der Waals surface area contributed by atoms with E-state index in [4.69, 9.17) is 0 Å². The Morgan fingerprint density at radius 1 is 0.947 bits per heavy atom. The molecular weight excluding hydrogens is 234 g/mol. The van der Waals surface area contributed by atoms with Gasteiger partial charge in [-0.2, -0.15) is 0 Å². The molecule has 1 N–H and O–H groups in total. The zero-order chi connectivity index (χ0) is 13.5. The van der Waals surface area contributed by atoms with Crippen molar-refractivity contribution in [1.29, 1.82) is 0 Å². The first kappa shape index (κ1) is 13.1. The van der Waals surface area contributed by atoms with E-state index in [1.165, 1.54) is 0 Å². The average molecular weight is 251 g/mol. The molecule has 2 nitrogen and oxygen atoms in total. The van der Waals surface area contributed by atoms with Crippen molar-refractivity contribution < 1.29 is 5.11 Å². The number of aliphatic hydroxyl groups is 1. The summed E-state index contributed by atoms with van der Waals surface area (Å²) in [5.41, 5.74) is 2.60. The highest BCUT2D eigenvalue weighted by molar-refractivity contribution is 6.11. The summed E-state index contributed by atoms with van der Waals surface area (Å²) in [7, 11) is 0. The predicted octanol–water partition coefficient (Wildman–Crippen LogP) is 4.09. The Balaban J connectivity index is 2.35. The molecule has 0 spiro atoms. The smallest absolute Gasteiger partial charge is 0.124 e. The van der Waals surface area contributed by atoms with Crippen LogP contribution in [-0.4, -0.2) is 17.4 Å². The third-order valence-electron chi connectivity index (χ3n) is 2.74. The standard InChI is InChI=1S/C17H17NO/c1-2-18-16(14-9-5-3-6-10-14)13-17(19)15-11-7-4-8-12-15/h3-13,19H,2H2,1H3/b17-13-,18-16-. The fourth-order valence-corrected chi connectivity index (χ4v) is 1.82. The molecule has 0 saturated carbocycles. The maximum Gasteiger partial charge on any atom is 0.124 e. The van der Waals surface area contributed by atoms with Gasteiger partial charge in [0.15, 0.2) is 0 Å². The summed E-state index contributed by atoms with van der Waals surface area (Å²) < 4.78 is 0. The van der Waals surface area contributed by atoms with Crippen molar-refractivity contribution in [2.45, 2.75) is 6.92 Å². The van der Waals surface area contributed by atoms with Gasteiger partial charge in [0.1, 0.15) is 5.76 Å². The minimum absolute atomic E-state index is 0.233. The molecule has 2 rings (SSSR count). The molecule has 0 atom stereocenters. The largest absolute Gasteiger partial charge is 0.507 e. The Morgan fingerprint density at radius 3 is 2.00 bits per heavy atom. The lowest BCUT2D eigenvalue weighted by atomic mass is 10.1. The number of hydrogen-bond acceptors (Lipinski definition) is 2. The average Bonchev–Trinajstić information content (AvgIpc) is 2.48. The number of rotatable bonds is 4. The van der Waals surface area contributed by atoms with Crippen molar-refractivity contribution in [3.05, 3.63) is 77.9 Å². The van der Waals surface area contributed by atoms with Gasteiger partial charge in [-0.3, -0.25) is 4.99 Å². The van der Waals surface area contributed by atoms with Gasteiger partial charge in [-0.25, -0.2) is 0 Å². The summed E-state index contributed by atoms with van der Waals surface area (Å²) >= 11 is 0. The lowest BCUT2D eigenvalue weighted by molar-refractivity contribution is 0.512. The summed E-state index contributed by atoms with van der Waals surface area (Å²) in [6, 6.07) is 19.4. The van der Waals surface area contributed by atoms with E-state index in [0.29, 0.717) is 6.54 Å². The molecular formula is C17H17NO. The molecule has 0 aliphatic heterocycles. The SMILES string of the molecule is CC/N=C(/C=C(\O)c1ccccc1)c1ccccc1. The minimum Gasteiger partial charge on any atom is -0.507 e. The predicted molar refractivity (Wildman–Crippen MR) is 80.6 cm³/mol. The Labute approximate surface area is 113 Å². The van der Waals surface area contributed by atoms with Crippen LogP contribution in [0.3, 0.4) is 0 Å². The number of hydrogen-bond donors (Lipinski definition) is 1. The molecule has 19 heavy (non-hydrogen) atoms. The van der Waals surface area contributed by atoms with E-state index >= 15 is 0 Å². The fraction of sp³-hybridized carbons (Fsp3) is 0.118. The first-order valence-corrected chi connectivity index (χ1v) is 6.37. The second-order valence-electron chi connectivity index (χ2n) is 4.12. The van der Waals surface area contributed by atoms with Crippen molar-refractivity contribution in [2.75, 3.05) is 6.54 Å². The topological polar surface area (TPSA) is 32.6 Å². The highest BCUT2D eigenvalue weighted by Gasteiger charge is 2.03. The van der Waals surface area contributed by atoms with Crippen LogP contribution in [0, 0.1) is 0 Å². The summed E-state index contributed by atoms with van der Waals surface area (Å²) in [4.78, 5) is 4.44. The zero-order valence-corrected chi connectivity index (χ0v) is 11.0. The zero-order valence-electron chi connectivity index (χ0n) is 11.0. The van der Waals surface area contributed by atoms with Gasteiger partial charge in [-0.1, -0.05) is 60.7 Å². The number of aliphatic imine (C=N–C) groups is 1. The number of benzene rings is 2. The number of nitrogens with zero attached hydrogens (tertiary/aromatic N) is 1. The molecule has 2 aromatic rings. The van der Waals surface area contributed by atoms with Crippen molar-refractivity contribution >= 4 is 11.5 Å². The second kappa shape index (κ2) is 6.55. The van der Waals surface area contributed by atoms with Gasteiger partial charge >= 0.3 is 0 Å². The lowest BCUT2D eigenvalue weighted by Crippen LogP contribution is -1.99. The quantitative estimate of drug-likeness (QED) is 0.644. The van der Waals surface area contributed by atoms with Crippen molar-refractivity contribution in [2.24, 2.45) is 4.99 Å². The van der Waals surface area contributed by atoms with Gasteiger partial charge in [0.05, 0.1) is 5.71 Å². The molecule has 0 fully saturated rings. The molecule has 0 saturated heterocycles. The van der Waals surface area contributed by atoms with Crippen molar-refractivity contribution in [3.63, 3.8) is 0 Å². The molecule has 0 unspecified atom stereocenters. The van der Waals surface area contributed by atoms with E-state index < -0.39 is 0 Å². The Bertz CT molecular complexity index is 571. The van der Waals surface area contributed by atoms with Crippen LogP contribution in [0.25, 0.3) is 5.76 Å². The van der Waals surface area contributed by atoms with Crippen LogP contribution in [0.2, 0.25) is 0 Å². The molecule has 0 bridgehead atoms. The van der Waals surface area contributed by atoms with Crippen LogP contribution in [-0.2, 0) is 0 Å². The van der Waals surface area contributed by atoms with E-state index in [9.17, 15) is 5.11 Å². The van der Waals surface area contributed by atoms with Crippen LogP contribution < -0.4 is 0 Å². The number of allylic oxidation sites excluding steroid dienone is 1. The molecule has 2 heteroatoms. The Hall–Kier alpha value is -2.35. The van der Waals surface area contributed by atoms with E-state index in [2.05, 4.69) is 4.99 Å². The summed E-state index contributed by atoms with van der Waals surface area (Å²) in [6.45, 7) is 2.67. The van der Waals surface area contributed by atoms with Gasteiger partial charge in [0, 0.05) is 18.2 Å². The van der Waals surface area contributed by atoms with Crippen LogP contribution in [0.15, 0.2) is 71.7 Å². The lowest BCUT2D eigenvalue weighted by Gasteiger charge is -2.04. The van der Waals surface area contributed by atoms with Crippen LogP contribution in [0.1, 0.15) is 18.1 Å². The summed E-state index contributed by atoms with van der Waals surface area (Å²) in [5, 5.41) is 10.2. The molecule has 0 radical (unpaired) electrons. The summed E-state index contributed by atoms with van der Waals surface area (Å²) in [5.74, 6) is 0.233. The molecule has 0 aliphatic rings. The highest BCUT2D eigenvalue weighted by Crippen LogP contribution is 2.13. The van der Waals surface area contributed by atoms with Crippen molar-refractivity contribution in [3.8, 4) is 0 Å². The van der Waals surface area contributed by atoms with Gasteiger partial charge in [-0.05, 0) is 12.5 Å². The van der Waals surface area contributed by atoms with Gasteiger partial charge in [0.2, 0.25) is 0 Å². The fourth-order valence-electron chi connectivity index (χ4n) is 1.82. The first-order valence-electron chi connectivity index (χ1n) is 6.37. The monoisotopic (exact) mass is 251 g/mol. The molecule has 2 aromatic carbocycles. The molecule has 0 amide bonds. The van der Waals surface area contributed by atoms with E-state index in [1.807, 2.05) is 67.6 Å². The molecule has 0 aromatic heterocycles. The molecule has 0 aliphatic carbocycles. The number of aliphatic hydroxyl groups excluding tert-OH is 1. The maximum atomic E-state index is 10.2. The third-order valence-corrected chi connectivity index (χ3v) is 2.74.